The van der Waals surface area contributed by atoms with Crippen molar-refractivity contribution in [1.29, 1.82) is 0 Å². The molecule has 2 rings (SSSR count). The van der Waals surface area contributed by atoms with Gasteiger partial charge in [0.2, 0.25) is 0 Å². The van der Waals surface area contributed by atoms with Crippen molar-refractivity contribution in [1.82, 2.24) is 4.90 Å². The van der Waals surface area contributed by atoms with Crippen LogP contribution in [0.25, 0.3) is 6.08 Å². The van der Waals surface area contributed by atoms with E-state index in [2.05, 4.69) is 0 Å². The maximum Gasteiger partial charge on any atom is 0.266 e. The molecule has 1 aromatic rings. The largest absolute Gasteiger partial charge is 0.550 e. The first kappa shape index (κ1) is 16.2. The molecule has 0 bridgehead atoms. The molecule has 0 aliphatic carbocycles. The molecule has 0 unspecified atom stereocenters. The number of aliphatic carboxylic acids is 2. The number of furan rings is 1. The minimum atomic E-state index is -1.57. The van der Waals surface area contributed by atoms with Gasteiger partial charge in [-0.25, -0.2) is 0 Å². The Hall–Kier alpha value is -2.13. The van der Waals surface area contributed by atoms with E-state index in [4.69, 9.17) is 16.6 Å². The van der Waals surface area contributed by atoms with Crippen LogP contribution in [0.5, 0.6) is 0 Å². The summed E-state index contributed by atoms with van der Waals surface area (Å²) in [5, 5.41) is 21.7. The molecule has 0 saturated carbocycles. The number of carbonyl (C=O) groups is 3. The van der Waals surface area contributed by atoms with Crippen LogP contribution in [0.15, 0.2) is 27.7 Å². The average molecular weight is 339 g/mol. The molecule has 1 aliphatic rings. The molecule has 0 aromatic carbocycles. The fourth-order valence-electron chi connectivity index (χ4n) is 1.86. The van der Waals surface area contributed by atoms with Crippen LogP contribution < -0.4 is 10.2 Å². The zero-order chi connectivity index (χ0) is 16.3. The molecule has 1 aromatic heterocycles. The number of carbonyl (C=O) groups excluding carboxylic acids is 3. The van der Waals surface area contributed by atoms with Crippen LogP contribution >= 0.6 is 24.0 Å². The van der Waals surface area contributed by atoms with Gasteiger partial charge in [-0.15, -0.1) is 0 Å². The van der Waals surface area contributed by atoms with Gasteiger partial charge in [-0.1, -0.05) is 24.0 Å². The summed E-state index contributed by atoms with van der Waals surface area (Å²) in [5.74, 6) is -3.20. The maximum atomic E-state index is 12.3. The SMILES string of the molecule is O=C([O-])CC[C@@H](C(=O)[O-])N1C(=O)/C(=C\c2ccco2)SC1=S. The number of amides is 1. The first-order valence-electron chi connectivity index (χ1n) is 6.11. The number of nitrogens with zero attached hydrogens (tertiary/aromatic N) is 1. The van der Waals surface area contributed by atoms with E-state index in [0.29, 0.717) is 5.76 Å². The fraction of sp³-hybridized carbons (Fsp3) is 0.231. The number of hydrogen-bond acceptors (Lipinski definition) is 8. The lowest BCUT2D eigenvalue weighted by Crippen LogP contribution is -2.50. The topological polar surface area (TPSA) is 114 Å². The van der Waals surface area contributed by atoms with Crippen molar-refractivity contribution in [3.8, 4) is 0 Å². The summed E-state index contributed by atoms with van der Waals surface area (Å²) in [6.45, 7) is 0. The third-order valence-electron chi connectivity index (χ3n) is 2.85. The quantitative estimate of drug-likeness (QED) is 0.485. The van der Waals surface area contributed by atoms with E-state index < -0.39 is 30.3 Å². The molecule has 0 N–H and O–H groups in total. The highest BCUT2D eigenvalue weighted by molar-refractivity contribution is 8.26. The smallest absolute Gasteiger partial charge is 0.266 e. The Bertz CT molecular complexity index is 651. The van der Waals surface area contributed by atoms with E-state index in [9.17, 15) is 24.6 Å². The molecule has 1 fully saturated rings. The van der Waals surface area contributed by atoms with Gasteiger partial charge in [0.25, 0.3) is 5.91 Å². The van der Waals surface area contributed by atoms with E-state index in [1.165, 1.54) is 12.3 Å². The van der Waals surface area contributed by atoms with E-state index in [0.717, 1.165) is 16.7 Å². The lowest BCUT2D eigenvalue weighted by Gasteiger charge is -2.27. The number of hydrogen-bond donors (Lipinski definition) is 0. The molecule has 1 atom stereocenters. The number of thioether (sulfide) groups is 1. The van der Waals surface area contributed by atoms with Crippen LogP contribution in [0, 0.1) is 0 Å². The summed E-state index contributed by atoms with van der Waals surface area (Å²) in [6.07, 6.45) is 2.00. The summed E-state index contributed by atoms with van der Waals surface area (Å²) < 4.78 is 5.11. The van der Waals surface area contributed by atoms with Crippen LogP contribution in [0.1, 0.15) is 18.6 Å². The Balaban J connectivity index is 2.22. The lowest BCUT2D eigenvalue weighted by atomic mass is 10.1. The van der Waals surface area contributed by atoms with Gasteiger partial charge in [0.15, 0.2) is 0 Å². The molecule has 0 radical (unpaired) electrons. The van der Waals surface area contributed by atoms with Crippen LogP contribution in [-0.4, -0.2) is 33.1 Å². The maximum absolute atomic E-state index is 12.3. The second-order valence-electron chi connectivity index (χ2n) is 4.31. The molecule has 9 heteroatoms. The van der Waals surface area contributed by atoms with E-state index in [-0.39, 0.29) is 15.6 Å². The van der Waals surface area contributed by atoms with Crippen LogP contribution in [-0.2, 0) is 14.4 Å². The Morgan fingerprint density at radius 2 is 2.18 bits per heavy atom. The van der Waals surface area contributed by atoms with Gasteiger partial charge in [-0.2, -0.15) is 0 Å². The van der Waals surface area contributed by atoms with Crippen molar-refractivity contribution < 1.29 is 29.0 Å². The fourth-order valence-corrected chi connectivity index (χ4v) is 3.19. The lowest BCUT2D eigenvalue weighted by molar-refractivity contribution is -0.311. The predicted molar refractivity (Wildman–Crippen MR) is 76.8 cm³/mol. The average Bonchev–Trinajstić information content (AvgIpc) is 3.02. The molecular weight excluding hydrogens is 330 g/mol. The van der Waals surface area contributed by atoms with Gasteiger partial charge >= 0.3 is 0 Å². The summed E-state index contributed by atoms with van der Waals surface area (Å²) in [4.78, 5) is 35.0. The standard InChI is InChI=1S/C13H11NO6S2/c15-10(16)4-3-8(12(18)19)14-11(17)9(22-13(14)21)6-7-2-1-5-20-7/h1-2,5-6,8H,3-4H2,(H,15,16)(H,18,19)/p-2/b9-6+/t8-/m0/s1. The van der Waals surface area contributed by atoms with Gasteiger partial charge in [0, 0.05) is 12.0 Å². The highest BCUT2D eigenvalue weighted by atomic mass is 32.2. The monoisotopic (exact) mass is 339 g/mol. The van der Waals surface area contributed by atoms with E-state index in [1.54, 1.807) is 12.1 Å². The van der Waals surface area contributed by atoms with Crippen molar-refractivity contribution in [3.63, 3.8) is 0 Å². The van der Waals surface area contributed by atoms with Gasteiger partial charge in [-0.3, -0.25) is 9.69 Å². The Morgan fingerprint density at radius 1 is 1.45 bits per heavy atom. The molecule has 116 valence electrons. The third-order valence-corrected chi connectivity index (χ3v) is 4.18. The predicted octanol–water partition coefficient (Wildman–Crippen LogP) is -0.871. The van der Waals surface area contributed by atoms with Crippen molar-refractivity contribution in [2.24, 2.45) is 0 Å². The first-order chi connectivity index (χ1) is 10.4. The van der Waals surface area contributed by atoms with E-state index in [1.807, 2.05) is 0 Å². The third kappa shape index (κ3) is 3.55. The summed E-state index contributed by atoms with van der Waals surface area (Å²) >= 11 is 5.92. The summed E-state index contributed by atoms with van der Waals surface area (Å²) in [7, 11) is 0. The van der Waals surface area contributed by atoms with Crippen LogP contribution in [0.4, 0.5) is 0 Å². The normalized spacial score (nSPS) is 18.0. The molecular formula is C13H9NO6S2-2. The van der Waals surface area contributed by atoms with Gasteiger partial charge < -0.3 is 24.2 Å². The number of carboxylic acids is 2. The van der Waals surface area contributed by atoms with Gasteiger partial charge in [-0.05, 0) is 25.0 Å². The Kier molecular flexibility index (Phi) is 4.99. The van der Waals surface area contributed by atoms with E-state index >= 15 is 0 Å². The zero-order valence-corrected chi connectivity index (χ0v) is 12.6. The molecule has 7 nitrogen and oxygen atoms in total. The molecule has 1 aliphatic heterocycles. The Morgan fingerprint density at radius 3 is 2.73 bits per heavy atom. The molecule has 1 amide bonds. The Labute approximate surface area is 134 Å². The summed E-state index contributed by atoms with van der Waals surface area (Å²) in [5.41, 5.74) is 0. The van der Waals surface area contributed by atoms with Gasteiger partial charge in [0.05, 0.1) is 23.2 Å². The second-order valence-corrected chi connectivity index (χ2v) is 5.99. The van der Waals surface area contributed by atoms with Crippen molar-refractivity contribution >= 4 is 52.2 Å². The summed E-state index contributed by atoms with van der Waals surface area (Å²) in [6, 6.07) is 1.81. The number of carboxylic acid groups (broad SMARTS) is 2. The number of thiocarbonyl (C=S) groups is 1. The zero-order valence-electron chi connectivity index (χ0n) is 11.0. The highest BCUT2D eigenvalue weighted by Crippen LogP contribution is 2.34. The first-order valence-corrected chi connectivity index (χ1v) is 7.34. The van der Waals surface area contributed by atoms with Gasteiger partial charge in [0.1, 0.15) is 10.1 Å². The van der Waals surface area contributed by atoms with Crippen LogP contribution in [0.3, 0.4) is 0 Å². The van der Waals surface area contributed by atoms with Crippen molar-refractivity contribution in [2.75, 3.05) is 0 Å². The van der Waals surface area contributed by atoms with Crippen LogP contribution in [0.2, 0.25) is 0 Å². The van der Waals surface area contributed by atoms with Crippen molar-refractivity contribution in [2.45, 2.75) is 18.9 Å². The number of rotatable bonds is 6. The highest BCUT2D eigenvalue weighted by Gasteiger charge is 2.37. The molecule has 22 heavy (non-hydrogen) atoms. The second kappa shape index (κ2) is 6.75. The molecule has 1 saturated heterocycles. The minimum absolute atomic E-state index is 0.0235. The minimum Gasteiger partial charge on any atom is -0.550 e. The van der Waals surface area contributed by atoms with Crippen molar-refractivity contribution in [3.05, 3.63) is 29.1 Å². The molecule has 0 spiro atoms. The molecule has 2 heterocycles.